The number of hydrogen-bond donors (Lipinski definition) is 0. The van der Waals surface area contributed by atoms with Crippen LogP contribution in [0.25, 0.3) is 56.1 Å². The Morgan fingerprint density at radius 3 is 1.69 bits per heavy atom. The van der Waals surface area contributed by atoms with E-state index in [1.807, 2.05) is 34.9 Å². The molecule has 0 aliphatic heterocycles. The molecule has 0 aliphatic rings. The van der Waals surface area contributed by atoms with E-state index in [1.165, 1.54) is 21.8 Å². The van der Waals surface area contributed by atoms with Crippen LogP contribution in [0.2, 0.25) is 0 Å². The predicted octanol–water partition coefficient (Wildman–Crippen LogP) is 6.49. The Labute approximate surface area is 207 Å². The first-order chi connectivity index (χ1) is 17.9. The highest BCUT2D eigenvalue weighted by molar-refractivity contribution is 6.09. The molecule has 170 valence electrons. The summed E-state index contributed by atoms with van der Waals surface area (Å²) in [6.45, 7) is 0. The third-order valence-corrected chi connectivity index (χ3v) is 6.44. The summed E-state index contributed by atoms with van der Waals surface area (Å²) in [6.07, 6.45) is 5.07. The summed E-state index contributed by atoms with van der Waals surface area (Å²) < 4.78 is 4.26. The van der Waals surface area contributed by atoms with Gasteiger partial charge in [0.1, 0.15) is 0 Å². The highest BCUT2D eigenvalue weighted by Gasteiger charge is 2.18. The van der Waals surface area contributed by atoms with Gasteiger partial charge in [-0.05, 0) is 36.4 Å². The van der Waals surface area contributed by atoms with Crippen LogP contribution in [0.5, 0.6) is 0 Å². The maximum Gasteiger partial charge on any atom is 0.170 e. The fourth-order valence-corrected chi connectivity index (χ4v) is 4.83. The molecule has 0 unspecified atom stereocenters. The van der Waals surface area contributed by atoms with Crippen molar-refractivity contribution < 1.29 is 0 Å². The molecule has 3 heterocycles. The Morgan fingerprint density at radius 2 is 1.08 bits per heavy atom. The Morgan fingerprint density at radius 1 is 0.500 bits per heavy atom. The molecule has 0 spiro atoms. The predicted molar refractivity (Wildman–Crippen MR) is 142 cm³/mol. The van der Waals surface area contributed by atoms with Crippen molar-refractivity contribution in [3.05, 3.63) is 122 Å². The van der Waals surface area contributed by atoms with Crippen LogP contribution < -0.4 is 0 Å². The van der Waals surface area contributed by atoms with Gasteiger partial charge in [0, 0.05) is 40.0 Å². The van der Waals surface area contributed by atoms with Crippen molar-refractivity contribution in [3.8, 4) is 34.3 Å². The summed E-state index contributed by atoms with van der Waals surface area (Å²) in [5.41, 5.74) is 5.36. The van der Waals surface area contributed by atoms with Crippen molar-refractivity contribution in [2.45, 2.75) is 0 Å². The average Bonchev–Trinajstić information content (AvgIpc) is 3.54. The van der Waals surface area contributed by atoms with Gasteiger partial charge in [-0.3, -0.25) is 9.55 Å². The van der Waals surface area contributed by atoms with E-state index in [2.05, 4.69) is 97.5 Å². The van der Waals surface area contributed by atoms with Crippen LogP contribution in [0.15, 0.2) is 122 Å². The Bertz CT molecular complexity index is 1760. The zero-order chi connectivity index (χ0) is 23.9. The molecule has 36 heavy (non-hydrogen) atoms. The van der Waals surface area contributed by atoms with Gasteiger partial charge in [0.25, 0.3) is 0 Å². The van der Waals surface area contributed by atoms with Crippen molar-refractivity contribution in [1.82, 2.24) is 29.3 Å². The van der Waals surface area contributed by atoms with Gasteiger partial charge in [-0.25, -0.2) is 4.98 Å². The minimum absolute atomic E-state index is 0.669. The first kappa shape index (κ1) is 20.3. The fourth-order valence-electron chi connectivity index (χ4n) is 4.83. The van der Waals surface area contributed by atoms with Crippen molar-refractivity contribution >= 4 is 21.8 Å². The number of benzene rings is 4. The minimum Gasteiger partial charge on any atom is -0.309 e. The second kappa shape index (κ2) is 8.29. The highest BCUT2D eigenvalue weighted by Crippen LogP contribution is 2.33. The van der Waals surface area contributed by atoms with Gasteiger partial charge >= 0.3 is 0 Å². The minimum atomic E-state index is 0.669. The smallest absolute Gasteiger partial charge is 0.170 e. The average molecular weight is 465 g/mol. The molecule has 0 aliphatic carbocycles. The molecule has 6 heteroatoms. The first-order valence-electron chi connectivity index (χ1n) is 11.7. The zero-order valence-electron chi connectivity index (χ0n) is 19.2. The Kier molecular flexibility index (Phi) is 4.67. The van der Waals surface area contributed by atoms with Crippen LogP contribution in [0.3, 0.4) is 0 Å². The monoisotopic (exact) mass is 464 g/mol. The molecule has 0 saturated heterocycles. The second-order valence-electron chi connectivity index (χ2n) is 8.53. The van der Waals surface area contributed by atoms with Gasteiger partial charge in [-0.2, -0.15) is 0 Å². The highest BCUT2D eigenvalue weighted by atomic mass is 15.3. The van der Waals surface area contributed by atoms with E-state index in [4.69, 9.17) is 0 Å². The van der Waals surface area contributed by atoms with Crippen LogP contribution in [0.4, 0.5) is 0 Å². The normalized spacial score (nSPS) is 11.3. The lowest BCUT2D eigenvalue weighted by Gasteiger charge is -2.11. The number of rotatable bonds is 4. The van der Waals surface area contributed by atoms with Crippen LogP contribution in [0, 0.1) is 0 Å². The Balaban J connectivity index is 1.39. The molecule has 0 amide bonds. The van der Waals surface area contributed by atoms with E-state index in [-0.39, 0.29) is 0 Å². The van der Waals surface area contributed by atoms with Gasteiger partial charge in [0.15, 0.2) is 17.5 Å². The molecule has 0 radical (unpaired) electrons. The fraction of sp³-hybridized carbons (Fsp3) is 0. The standard InChI is InChI=1S/C30H20N6/c1-2-8-21(9-3-1)29-33-34-30(36(29)28-20-31-18-19-32-28)22-14-16-23(17-15-22)35-26-12-6-4-10-24(26)25-11-5-7-13-27(25)35/h1-20H. The molecule has 0 fully saturated rings. The molecule has 0 bridgehead atoms. The molecule has 7 aromatic rings. The first-order valence-corrected chi connectivity index (χ1v) is 11.7. The van der Waals surface area contributed by atoms with Gasteiger partial charge < -0.3 is 4.57 Å². The van der Waals surface area contributed by atoms with Gasteiger partial charge in [0.2, 0.25) is 0 Å². The summed E-state index contributed by atoms with van der Waals surface area (Å²) in [5.74, 6) is 2.10. The molecular formula is C30H20N6. The molecule has 0 N–H and O–H groups in total. The lowest BCUT2D eigenvalue weighted by Crippen LogP contribution is -2.03. The lowest BCUT2D eigenvalue weighted by atomic mass is 10.1. The summed E-state index contributed by atoms with van der Waals surface area (Å²) in [4.78, 5) is 8.81. The SMILES string of the molecule is c1ccc(-c2nnc(-c3ccc(-n4c5ccccc5c5ccccc54)cc3)n2-c2cnccn2)cc1. The third-order valence-electron chi connectivity index (χ3n) is 6.44. The molecule has 6 nitrogen and oxygen atoms in total. The molecule has 0 atom stereocenters. The third kappa shape index (κ3) is 3.20. The van der Waals surface area contributed by atoms with Crippen LogP contribution >= 0.6 is 0 Å². The lowest BCUT2D eigenvalue weighted by molar-refractivity contribution is 0.982. The van der Waals surface area contributed by atoms with E-state index >= 15 is 0 Å². The van der Waals surface area contributed by atoms with Crippen molar-refractivity contribution in [1.29, 1.82) is 0 Å². The van der Waals surface area contributed by atoms with Gasteiger partial charge in [-0.15, -0.1) is 10.2 Å². The maximum atomic E-state index is 4.57. The van der Waals surface area contributed by atoms with Gasteiger partial charge in [0.05, 0.1) is 17.2 Å². The van der Waals surface area contributed by atoms with Crippen LogP contribution in [0.1, 0.15) is 0 Å². The number of fused-ring (bicyclic) bond motifs is 3. The molecule has 7 rings (SSSR count). The molecule has 3 aromatic heterocycles. The Hall–Kier alpha value is -5.10. The summed E-state index contributed by atoms with van der Waals surface area (Å²) >= 11 is 0. The van der Waals surface area contributed by atoms with Crippen molar-refractivity contribution in [3.63, 3.8) is 0 Å². The van der Waals surface area contributed by atoms with Crippen LogP contribution in [-0.4, -0.2) is 29.3 Å². The summed E-state index contributed by atoms with van der Waals surface area (Å²) in [7, 11) is 0. The summed E-state index contributed by atoms with van der Waals surface area (Å²) in [5, 5.41) is 11.6. The number of nitrogens with zero attached hydrogens (tertiary/aromatic N) is 6. The van der Waals surface area contributed by atoms with Crippen molar-refractivity contribution in [2.75, 3.05) is 0 Å². The van der Waals surface area contributed by atoms with Crippen LogP contribution in [-0.2, 0) is 0 Å². The topological polar surface area (TPSA) is 61.4 Å². The largest absolute Gasteiger partial charge is 0.309 e. The van der Waals surface area contributed by atoms with Crippen molar-refractivity contribution in [2.24, 2.45) is 0 Å². The van der Waals surface area contributed by atoms with E-state index in [1.54, 1.807) is 18.6 Å². The second-order valence-corrected chi connectivity index (χ2v) is 8.53. The van der Waals surface area contributed by atoms with E-state index in [0.29, 0.717) is 11.6 Å². The zero-order valence-corrected chi connectivity index (χ0v) is 19.2. The molecule has 0 saturated carbocycles. The van der Waals surface area contributed by atoms with E-state index in [9.17, 15) is 0 Å². The molecule has 4 aromatic carbocycles. The maximum absolute atomic E-state index is 4.57. The van der Waals surface area contributed by atoms with E-state index < -0.39 is 0 Å². The molecular weight excluding hydrogens is 444 g/mol. The summed E-state index contributed by atoms with van der Waals surface area (Å²) in [6, 6.07) is 35.5. The van der Waals surface area contributed by atoms with E-state index in [0.717, 1.165) is 22.6 Å². The number of aromatic nitrogens is 6. The quantitative estimate of drug-likeness (QED) is 0.299. The number of para-hydroxylation sites is 2. The van der Waals surface area contributed by atoms with Gasteiger partial charge in [-0.1, -0.05) is 66.7 Å². The number of hydrogen-bond acceptors (Lipinski definition) is 4.